The number of benzene rings is 1. The summed E-state index contributed by atoms with van der Waals surface area (Å²) in [6.45, 7) is 8.06. The number of thiazole rings is 1. The van der Waals surface area contributed by atoms with Crippen LogP contribution in [-0.2, 0) is 17.8 Å². The van der Waals surface area contributed by atoms with Crippen LogP contribution in [0.25, 0.3) is 0 Å². The van der Waals surface area contributed by atoms with E-state index >= 15 is 0 Å². The molecule has 0 spiro atoms. The molecule has 0 bridgehead atoms. The number of nitrogens with one attached hydrogen (secondary N) is 2. The Kier molecular flexibility index (Phi) is 8.82. The summed E-state index contributed by atoms with van der Waals surface area (Å²) in [4.78, 5) is 31.0. The molecule has 2 N–H and O–H groups in total. The fraction of sp³-hybridized carbons (Fsp3) is 0.348. The Morgan fingerprint density at radius 1 is 1.16 bits per heavy atom. The van der Waals surface area contributed by atoms with Gasteiger partial charge >= 0.3 is 0 Å². The van der Waals surface area contributed by atoms with Crippen molar-refractivity contribution in [2.24, 2.45) is 0 Å². The first-order valence-corrected chi connectivity index (χ1v) is 11.5. The zero-order valence-electron chi connectivity index (χ0n) is 18.3. The van der Waals surface area contributed by atoms with Crippen molar-refractivity contribution in [1.82, 2.24) is 15.2 Å². The number of amides is 2. The standard InChI is InChI=1S/C23H28N4O4S/c1-3-27(4-2)11-13-31-19-9-6-5-8-17(19)15-24-21(28)14-18-16-32-23(25-18)26-22(29)20-10-7-12-30-20/h5-10,12,16H,3-4,11,13-15H2,1-2H3,(H,24,28)(H,25,26,29). The molecule has 9 heteroatoms. The molecule has 2 amide bonds. The van der Waals surface area contributed by atoms with Gasteiger partial charge in [0.25, 0.3) is 5.91 Å². The number of furan rings is 1. The van der Waals surface area contributed by atoms with Crippen molar-refractivity contribution < 1.29 is 18.7 Å². The van der Waals surface area contributed by atoms with Crippen LogP contribution >= 0.6 is 11.3 Å². The normalized spacial score (nSPS) is 10.8. The van der Waals surface area contributed by atoms with E-state index in [0.717, 1.165) is 30.9 Å². The first-order valence-electron chi connectivity index (χ1n) is 10.6. The number of carbonyl (C=O) groups is 2. The highest BCUT2D eigenvalue weighted by atomic mass is 32.1. The zero-order chi connectivity index (χ0) is 22.8. The van der Waals surface area contributed by atoms with E-state index in [9.17, 15) is 9.59 Å². The van der Waals surface area contributed by atoms with Crippen LogP contribution in [0.15, 0.2) is 52.5 Å². The summed E-state index contributed by atoms with van der Waals surface area (Å²) in [6, 6.07) is 10.9. The maximum Gasteiger partial charge on any atom is 0.293 e. The smallest absolute Gasteiger partial charge is 0.293 e. The summed E-state index contributed by atoms with van der Waals surface area (Å²) in [7, 11) is 0. The molecule has 0 aliphatic rings. The minimum atomic E-state index is -0.377. The Morgan fingerprint density at radius 3 is 2.72 bits per heavy atom. The fourth-order valence-electron chi connectivity index (χ4n) is 3.05. The van der Waals surface area contributed by atoms with Gasteiger partial charge in [-0.25, -0.2) is 4.98 Å². The number of ether oxygens (including phenoxy) is 1. The van der Waals surface area contributed by atoms with Crippen molar-refractivity contribution >= 4 is 28.3 Å². The number of para-hydroxylation sites is 1. The van der Waals surface area contributed by atoms with E-state index in [1.165, 1.54) is 17.6 Å². The Morgan fingerprint density at radius 2 is 1.97 bits per heavy atom. The fourth-order valence-corrected chi connectivity index (χ4v) is 3.75. The molecule has 0 saturated carbocycles. The molecule has 0 fully saturated rings. The van der Waals surface area contributed by atoms with Gasteiger partial charge in [0.05, 0.1) is 18.4 Å². The van der Waals surface area contributed by atoms with E-state index in [2.05, 4.69) is 34.4 Å². The lowest BCUT2D eigenvalue weighted by Gasteiger charge is -2.19. The topological polar surface area (TPSA) is 96.7 Å². The third-order valence-corrected chi connectivity index (χ3v) is 5.67. The summed E-state index contributed by atoms with van der Waals surface area (Å²) in [6.07, 6.45) is 1.55. The van der Waals surface area contributed by atoms with Crippen LogP contribution in [0.4, 0.5) is 5.13 Å². The SMILES string of the molecule is CCN(CC)CCOc1ccccc1CNC(=O)Cc1csc(NC(=O)c2ccco2)n1. The second-order valence-corrected chi connectivity index (χ2v) is 7.87. The molecule has 0 saturated heterocycles. The molecule has 0 radical (unpaired) electrons. The second kappa shape index (κ2) is 12.0. The molecule has 170 valence electrons. The highest BCUT2D eigenvalue weighted by Gasteiger charge is 2.13. The number of rotatable bonds is 12. The van der Waals surface area contributed by atoms with E-state index < -0.39 is 0 Å². The lowest BCUT2D eigenvalue weighted by atomic mass is 10.2. The van der Waals surface area contributed by atoms with Crippen LogP contribution in [0, 0.1) is 0 Å². The van der Waals surface area contributed by atoms with E-state index in [0.29, 0.717) is 24.0 Å². The number of hydrogen-bond acceptors (Lipinski definition) is 7. The minimum Gasteiger partial charge on any atom is -0.492 e. The first kappa shape index (κ1) is 23.5. The van der Waals surface area contributed by atoms with Crippen LogP contribution < -0.4 is 15.4 Å². The van der Waals surface area contributed by atoms with Crippen molar-refractivity contribution in [3.8, 4) is 5.75 Å². The van der Waals surface area contributed by atoms with Crippen LogP contribution in [0.1, 0.15) is 35.7 Å². The summed E-state index contributed by atoms with van der Waals surface area (Å²) < 4.78 is 11.0. The van der Waals surface area contributed by atoms with E-state index in [4.69, 9.17) is 9.15 Å². The van der Waals surface area contributed by atoms with Gasteiger partial charge in [0.15, 0.2) is 10.9 Å². The molecule has 0 atom stereocenters. The van der Waals surface area contributed by atoms with E-state index in [-0.39, 0.29) is 24.0 Å². The maximum absolute atomic E-state index is 12.4. The lowest BCUT2D eigenvalue weighted by molar-refractivity contribution is -0.120. The summed E-state index contributed by atoms with van der Waals surface area (Å²) >= 11 is 1.26. The zero-order valence-corrected chi connectivity index (χ0v) is 19.1. The Bertz CT molecular complexity index is 999. The first-order chi connectivity index (χ1) is 15.6. The summed E-state index contributed by atoms with van der Waals surface area (Å²) in [5.74, 6) is 0.448. The average molecular weight is 457 g/mol. The molecule has 0 aliphatic heterocycles. The van der Waals surface area contributed by atoms with Crippen LogP contribution in [-0.4, -0.2) is 47.9 Å². The number of nitrogens with zero attached hydrogens (tertiary/aromatic N) is 2. The highest BCUT2D eigenvalue weighted by Crippen LogP contribution is 2.19. The molecular weight excluding hydrogens is 428 g/mol. The highest BCUT2D eigenvalue weighted by molar-refractivity contribution is 7.14. The number of carbonyl (C=O) groups excluding carboxylic acids is 2. The molecule has 0 unspecified atom stereocenters. The lowest BCUT2D eigenvalue weighted by Crippen LogP contribution is -2.28. The van der Waals surface area contributed by atoms with Crippen molar-refractivity contribution in [3.05, 3.63) is 65.1 Å². The molecule has 0 aliphatic carbocycles. The molecule has 2 heterocycles. The van der Waals surface area contributed by atoms with Gasteiger partial charge in [-0.15, -0.1) is 11.3 Å². The maximum atomic E-state index is 12.4. The van der Waals surface area contributed by atoms with Crippen LogP contribution in [0.3, 0.4) is 0 Å². The average Bonchev–Trinajstić information content (AvgIpc) is 3.48. The van der Waals surface area contributed by atoms with E-state index in [1.807, 2.05) is 24.3 Å². The van der Waals surface area contributed by atoms with Gasteiger partial charge in [-0.3, -0.25) is 14.9 Å². The molecule has 1 aromatic carbocycles. The predicted octanol–water partition coefficient (Wildman–Crippen LogP) is 3.57. The van der Waals surface area contributed by atoms with Gasteiger partial charge in [-0.2, -0.15) is 0 Å². The monoisotopic (exact) mass is 456 g/mol. The quantitative estimate of drug-likeness (QED) is 0.433. The predicted molar refractivity (Wildman–Crippen MR) is 124 cm³/mol. The van der Waals surface area contributed by atoms with Gasteiger partial charge in [0.2, 0.25) is 5.91 Å². The molecular formula is C23H28N4O4S. The van der Waals surface area contributed by atoms with Crippen LogP contribution in [0.2, 0.25) is 0 Å². The van der Waals surface area contributed by atoms with Crippen molar-refractivity contribution in [2.75, 3.05) is 31.6 Å². The molecule has 3 rings (SSSR count). The van der Waals surface area contributed by atoms with Crippen molar-refractivity contribution in [3.63, 3.8) is 0 Å². The van der Waals surface area contributed by atoms with Gasteiger partial charge in [-0.1, -0.05) is 32.0 Å². The van der Waals surface area contributed by atoms with Crippen molar-refractivity contribution in [2.45, 2.75) is 26.8 Å². The number of hydrogen-bond donors (Lipinski definition) is 2. The summed E-state index contributed by atoms with van der Waals surface area (Å²) in [5, 5.41) is 7.75. The third-order valence-electron chi connectivity index (χ3n) is 4.87. The minimum absolute atomic E-state index is 0.123. The molecule has 8 nitrogen and oxygen atoms in total. The molecule has 2 aromatic heterocycles. The number of likely N-dealkylation sites (N-methyl/N-ethyl adjacent to an activating group) is 1. The van der Waals surface area contributed by atoms with E-state index in [1.54, 1.807) is 17.5 Å². The molecule has 32 heavy (non-hydrogen) atoms. The van der Waals surface area contributed by atoms with Crippen LogP contribution in [0.5, 0.6) is 5.75 Å². The summed E-state index contributed by atoms with van der Waals surface area (Å²) in [5.41, 5.74) is 1.51. The second-order valence-electron chi connectivity index (χ2n) is 7.01. The van der Waals surface area contributed by atoms with Gasteiger partial charge in [0, 0.05) is 24.0 Å². The molecule has 3 aromatic rings. The van der Waals surface area contributed by atoms with Gasteiger partial charge in [0.1, 0.15) is 12.4 Å². The Labute approximate surface area is 191 Å². The Balaban J connectivity index is 1.47. The van der Waals surface area contributed by atoms with Crippen molar-refractivity contribution in [1.29, 1.82) is 0 Å². The third kappa shape index (κ3) is 6.93. The largest absolute Gasteiger partial charge is 0.492 e. The Hall–Kier alpha value is -3.17. The number of anilines is 1. The van der Waals surface area contributed by atoms with Gasteiger partial charge in [-0.05, 0) is 31.3 Å². The van der Waals surface area contributed by atoms with Gasteiger partial charge < -0.3 is 19.4 Å². The number of aromatic nitrogens is 1.